The largest absolute Gasteiger partial charge is 0.496 e. The van der Waals surface area contributed by atoms with Crippen molar-refractivity contribution in [3.63, 3.8) is 0 Å². The Hall–Kier alpha value is -1.71. The molecule has 1 aromatic carbocycles. The normalized spacial score (nSPS) is 9.94. The van der Waals surface area contributed by atoms with E-state index >= 15 is 0 Å². The van der Waals surface area contributed by atoms with E-state index < -0.39 is 5.97 Å². The van der Waals surface area contributed by atoms with Gasteiger partial charge in [-0.05, 0) is 31.0 Å². The molecule has 0 fully saturated rings. The number of ether oxygens (including phenoxy) is 2. The van der Waals surface area contributed by atoms with Crippen molar-refractivity contribution in [1.82, 2.24) is 0 Å². The minimum Gasteiger partial charge on any atom is -0.496 e. The zero-order chi connectivity index (χ0) is 12.1. The van der Waals surface area contributed by atoms with E-state index in [9.17, 15) is 4.79 Å². The van der Waals surface area contributed by atoms with Crippen molar-refractivity contribution in [2.75, 3.05) is 14.2 Å². The van der Waals surface area contributed by atoms with E-state index in [2.05, 4.69) is 0 Å². The lowest BCUT2D eigenvalue weighted by Gasteiger charge is -2.13. The molecule has 4 heteroatoms. The Kier molecular flexibility index (Phi) is 4.17. The molecule has 0 radical (unpaired) electrons. The van der Waals surface area contributed by atoms with Crippen LogP contribution in [0.5, 0.6) is 11.5 Å². The highest BCUT2D eigenvalue weighted by Crippen LogP contribution is 2.30. The lowest BCUT2D eigenvalue weighted by atomic mass is 10.0. The first kappa shape index (κ1) is 12.4. The molecule has 1 aromatic rings. The van der Waals surface area contributed by atoms with E-state index in [-0.39, 0.29) is 6.42 Å². The summed E-state index contributed by atoms with van der Waals surface area (Å²) in [7, 11) is 3.17. The van der Waals surface area contributed by atoms with Crippen LogP contribution in [-0.2, 0) is 11.2 Å². The van der Waals surface area contributed by atoms with E-state index in [1.54, 1.807) is 20.3 Å². The highest BCUT2D eigenvalue weighted by Gasteiger charge is 2.12. The first-order valence-electron chi connectivity index (χ1n) is 5.02. The monoisotopic (exact) mass is 224 g/mol. The van der Waals surface area contributed by atoms with E-state index in [4.69, 9.17) is 14.6 Å². The number of hydrogen-bond acceptors (Lipinski definition) is 3. The second-order valence-electron chi connectivity index (χ2n) is 3.47. The van der Waals surface area contributed by atoms with Crippen molar-refractivity contribution in [1.29, 1.82) is 0 Å². The Labute approximate surface area is 94.8 Å². The molecule has 1 N–H and O–H groups in total. The summed E-state index contributed by atoms with van der Waals surface area (Å²) in [6, 6.07) is 3.61. The van der Waals surface area contributed by atoms with Crippen molar-refractivity contribution in [2.45, 2.75) is 19.8 Å². The van der Waals surface area contributed by atoms with Crippen molar-refractivity contribution in [2.24, 2.45) is 0 Å². The number of hydrogen-bond donors (Lipinski definition) is 1. The van der Waals surface area contributed by atoms with Gasteiger partial charge in [-0.3, -0.25) is 4.79 Å². The molecular weight excluding hydrogens is 208 g/mol. The van der Waals surface area contributed by atoms with Crippen LogP contribution in [0, 0.1) is 6.92 Å². The lowest BCUT2D eigenvalue weighted by molar-refractivity contribution is -0.136. The molecule has 0 atom stereocenters. The molecule has 0 aliphatic rings. The van der Waals surface area contributed by atoms with Gasteiger partial charge in [0.2, 0.25) is 0 Å². The Morgan fingerprint density at radius 2 is 1.81 bits per heavy atom. The van der Waals surface area contributed by atoms with Crippen molar-refractivity contribution in [3.05, 3.63) is 23.3 Å². The molecule has 0 aromatic heterocycles. The van der Waals surface area contributed by atoms with Crippen LogP contribution in [0.3, 0.4) is 0 Å². The van der Waals surface area contributed by atoms with Crippen molar-refractivity contribution in [3.8, 4) is 11.5 Å². The molecule has 0 bridgehead atoms. The average Bonchev–Trinajstić information content (AvgIpc) is 2.26. The van der Waals surface area contributed by atoms with Gasteiger partial charge in [0.05, 0.1) is 14.2 Å². The van der Waals surface area contributed by atoms with Gasteiger partial charge in [0.15, 0.2) is 0 Å². The number of carbonyl (C=O) groups is 1. The summed E-state index contributed by atoms with van der Waals surface area (Å²) in [6.07, 6.45) is 0.534. The van der Waals surface area contributed by atoms with Crippen LogP contribution in [0.2, 0.25) is 0 Å². The smallest absolute Gasteiger partial charge is 0.303 e. The number of methoxy groups -OCH3 is 2. The number of carboxylic acids is 1. The van der Waals surface area contributed by atoms with E-state index in [1.165, 1.54) is 0 Å². The Balaban J connectivity index is 3.05. The molecule has 16 heavy (non-hydrogen) atoms. The van der Waals surface area contributed by atoms with Gasteiger partial charge >= 0.3 is 5.97 Å². The van der Waals surface area contributed by atoms with Crippen LogP contribution in [0.1, 0.15) is 17.5 Å². The van der Waals surface area contributed by atoms with Gasteiger partial charge in [0.1, 0.15) is 11.5 Å². The summed E-state index contributed by atoms with van der Waals surface area (Å²) in [5.74, 6) is 0.644. The predicted molar refractivity (Wildman–Crippen MR) is 60.2 cm³/mol. The first-order chi connectivity index (χ1) is 7.60. The third-order valence-corrected chi connectivity index (χ3v) is 2.53. The highest BCUT2D eigenvalue weighted by molar-refractivity contribution is 5.67. The minimum absolute atomic E-state index is 0.0877. The van der Waals surface area contributed by atoms with Crippen molar-refractivity contribution >= 4 is 5.97 Å². The van der Waals surface area contributed by atoms with Crippen molar-refractivity contribution < 1.29 is 19.4 Å². The molecule has 0 saturated heterocycles. The second-order valence-corrected chi connectivity index (χ2v) is 3.47. The number of rotatable bonds is 5. The maximum atomic E-state index is 10.6. The molecule has 0 aliphatic carbocycles. The van der Waals surface area contributed by atoms with E-state index in [1.807, 2.05) is 13.0 Å². The molecule has 1 rings (SSSR count). The number of carboxylic acid groups (broad SMARTS) is 1. The highest BCUT2D eigenvalue weighted by atomic mass is 16.5. The Morgan fingerprint density at radius 1 is 1.25 bits per heavy atom. The van der Waals surface area contributed by atoms with Gasteiger partial charge in [-0.1, -0.05) is 0 Å². The molecule has 4 nitrogen and oxygen atoms in total. The van der Waals surface area contributed by atoms with Crippen LogP contribution < -0.4 is 9.47 Å². The summed E-state index contributed by atoms with van der Waals surface area (Å²) in [5.41, 5.74) is 1.83. The third kappa shape index (κ3) is 2.66. The fourth-order valence-corrected chi connectivity index (χ4v) is 1.67. The van der Waals surface area contributed by atoms with E-state index in [0.29, 0.717) is 12.2 Å². The van der Waals surface area contributed by atoms with Crippen LogP contribution in [0.25, 0.3) is 0 Å². The number of benzene rings is 1. The van der Waals surface area contributed by atoms with Gasteiger partial charge in [-0.15, -0.1) is 0 Å². The molecule has 0 unspecified atom stereocenters. The predicted octanol–water partition coefficient (Wildman–Crippen LogP) is 2.03. The maximum absolute atomic E-state index is 10.6. The summed E-state index contributed by atoms with van der Waals surface area (Å²) in [6.45, 7) is 1.90. The zero-order valence-corrected chi connectivity index (χ0v) is 9.74. The van der Waals surface area contributed by atoms with Crippen LogP contribution in [-0.4, -0.2) is 25.3 Å². The molecule has 88 valence electrons. The minimum atomic E-state index is -0.815. The summed E-state index contributed by atoms with van der Waals surface area (Å²) in [5, 5.41) is 8.68. The molecule has 0 spiro atoms. The fraction of sp³-hybridized carbons (Fsp3) is 0.417. The van der Waals surface area contributed by atoms with Crippen LogP contribution in [0.4, 0.5) is 0 Å². The zero-order valence-electron chi connectivity index (χ0n) is 9.74. The Morgan fingerprint density at radius 3 is 2.31 bits per heavy atom. The van der Waals surface area contributed by atoms with Gasteiger partial charge < -0.3 is 14.6 Å². The molecule has 0 heterocycles. The first-order valence-corrected chi connectivity index (χ1v) is 5.02. The SMILES string of the molecule is COc1ccc(OC)c(CCC(=O)O)c1C. The summed E-state index contributed by atoms with van der Waals surface area (Å²) >= 11 is 0. The topological polar surface area (TPSA) is 55.8 Å². The Bertz CT molecular complexity index is 385. The van der Waals surface area contributed by atoms with Gasteiger partial charge in [0.25, 0.3) is 0 Å². The molecule has 0 amide bonds. The molecule has 0 aliphatic heterocycles. The van der Waals surface area contributed by atoms with Gasteiger partial charge in [-0.25, -0.2) is 0 Å². The standard InChI is InChI=1S/C12H16O4/c1-8-9(4-7-12(13)14)11(16-3)6-5-10(8)15-2/h5-6H,4,7H2,1-3H3,(H,13,14). The van der Waals surface area contributed by atoms with E-state index in [0.717, 1.165) is 16.9 Å². The lowest BCUT2D eigenvalue weighted by Crippen LogP contribution is -2.02. The fourth-order valence-electron chi connectivity index (χ4n) is 1.67. The molecular formula is C12H16O4. The summed E-state index contributed by atoms with van der Waals surface area (Å²) in [4.78, 5) is 10.6. The van der Waals surface area contributed by atoms with Crippen LogP contribution >= 0.6 is 0 Å². The van der Waals surface area contributed by atoms with Gasteiger partial charge in [0, 0.05) is 12.0 Å². The van der Waals surface area contributed by atoms with Crippen LogP contribution in [0.15, 0.2) is 12.1 Å². The maximum Gasteiger partial charge on any atom is 0.303 e. The molecule has 0 saturated carbocycles. The quantitative estimate of drug-likeness (QED) is 0.831. The van der Waals surface area contributed by atoms with Gasteiger partial charge in [-0.2, -0.15) is 0 Å². The third-order valence-electron chi connectivity index (χ3n) is 2.53. The summed E-state index contributed by atoms with van der Waals surface area (Å²) < 4.78 is 10.4. The number of aliphatic carboxylic acids is 1. The second kappa shape index (κ2) is 5.39. The average molecular weight is 224 g/mol.